The van der Waals surface area contributed by atoms with Gasteiger partial charge < -0.3 is 15.7 Å². The number of rotatable bonds is 6. The van der Waals surface area contributed by atoms with E-state index in [4.69, 9.17) is 15.7 Å². The van der Waals surface area contributed by atoms with Gasteiger partial charge in [0.25, 0.3) is 0 Å². The highest BCUT2D eigenvalue weighted by Gasteiger charge is 2.35. The van der Waals surface area contributed by atoms with Gasteiger partial charge in [0.05, 0.1) is 12.2 Å². The Balaban J connectivity index is 3.03. The predicted octanol–water partition coefficient (Wildman–Crippen LogP) is 3.61. The summed E-state index contributed by atoms with van der Waals surface area (Å²) in [6, 6.07) is 3.33. The van der Waals surface area contributed by atoms with Gasteiger partial charge in [-0.05, 0) is 30.5 Å². The van der Waals surface area contributed by atoms with Crippen molar-refractivity contribution in [3.63, 3.8) is 0 Å². The molecule has 0 saturated carbocycles. The summed E-state index contributed by atoms with van der Waals surface area (Å²) in [6.45, 7) is 4.13. The van der Waals surface area contributed by atoms with Crippen molar-refractivity contribution in [1.82, 2.24) is 0 Å². The van der Waals surface area contributed by atoms with Crippen molar-refractivity contribution in [2.24, 2.45) is 16.8 Å². The third kappa shape index (κ3) is 4.84. The molecule has 0 bridgehead atoms. The van der Waals surface area contributed by atoms with Gasteiger partial charge in [-0.1, -0.05) is 25.4 Å². The number of hydrogen-bond acceptors (Lipinski definition) is 3. The van der Waals surface area contributed by atoms with Crippen LogP contribution >= 0.6 is 0 Å². The molecule has 0 aliphatic heterocycles. The van der Waals surface area contributed by atoms with E-state index in [0.29, 0.717) is 0 Å². The zero-order valence-corrected chi connectivity index (χ0v) is 11.9. The molecule has 1 unspecified atom stereocenters. The Hall–Kier alpha value is -1.92. The van der Waals surface area contributed by atoms with Gasteiger partial charge in [0.15, 0.2) is 5.84 Å². The second-order valence-corrected chi connectivity index (χ2v) is 4.90. The number of nitrogens with two attached hydrogens (primary N) is 1. The summed E-state index contributed by atoms with van der Waals surface area (Å²) in [6.07, 6.45) is -2.75. The Bertz CT molecular complexity index is 501. The molecule has 21 heavy (non-hydrogen) atoms. The molecular weight excluding hydrogens is 285 g/mol. The van der Waals surface area contributed by atoms with E-state index >= 15 is 0 Å². The van der Waals surface area contributed by atoms with Crippen LogP contribution in [0.2, 0.25) is 0 Å². The third-order valence-electron chi connectivity index (χ3n) is 2.99. The highest BCUT2D eigenvalue weighted by Crippen LogP contribution is 2.37. The minimum atomic E-state index is -4.57. The number of benzene rings is 1. The van der Waals surface area contributed by atoms with Gasteiger partial charge in [0.1, 0.15) is 5.75 Å². The predicted molar refractivity (Wildman–Crippen MR) is 73.5 cm³/mol. The second-order valence-electron chi connectivity index (χ2n) is 4.90. The Morgan fingerprint density at radius 2 is 2.10 bits per heavy atom. The lowest BCUT2D eigenvalue weighted by molar-refractivity contribution is -0.139. The van der Waals surface area contributed by atoms with Crippen LogP contribution in [0.25, 0.3) is 0 Å². The number of nitrogens with zero attached hydrogens (tertiary/aromatic N) is 1. The van der Waals surface area contributed by atoms with Crippen molar-refractivity contribution in [2.45, 2.75) is 32.9 Å². The molecule has 7 heteroatoms. The van der Waals surface area contributed by atoms with Crippen LogP contribution in [0.3, 0.4) is 0 Å². The van der Waals surface area contributed by atoms with Crippen LogP contribution in [0.15, 0.2) is 23.4 Å². The van der Waals surface area contributed by atoms with Crippen LogP contribution in [0.4, 0.5) is 13.2 Å². The van der Waals surface area contributed by atoms with E-state index < -0.39 is 11.7 Å². The molecule has 3 N–H and O–H groups in total. The largest absolute Gasteiger partial charge is 0.493 e. The van der Waals surface area contributed by atoms with Gasteiger partial charge in [0, 0.05) is 5.56 Å². The summed E-state index contributed by atoms with van der Waals surface area (Å²) >= 11 is 0. The maximum absolute atomic E-state index is 13.0. The molecule has 1 aromatic carbocycles. The molecule has 0 fully saturated rings. The van der Waals surface area contributed by atoms with Crippen molar-refractivity contribution in [3.8, 4) is 5.75 Å². The van der Waals surface area contributed by atoms with E-state index in [-0.39, 0.29) is 29.7 Å². The molecule has 0 heterocycles. The maximum Gasteiger partial charge on any atom is 0.419 e. The monoisotopic (exact) mass is 304 g/mol. The minimum absolute atomic E-state index is 0.0150. The smallest absolute Gasteiger partial charge is 0.419 e. The minimum Gasteiger partial charge on any atom is -0.493 e. The fourth-order valence-corrected chi connectivity index (χ4v) is 1.90. The van der Waals surface area contributed by atoms with E-state index in [1.54, 1.807) is 0 Å². The first-order valence-electron chi connectivity index (χ1n) is 6.61. The quantitative estimate of drug-likeness (QED) is 0.365. The molecule has 4 nitrogen and oxygen atoms in total. The average Bonchev–Trinajstić information content (AvgIpc) is 2.43. The summed E-state index contributed by atoms with van der Waals surface area (Å²) in [7, 11) is 0. The standard InChI is InChI=1S/C14H19F3N2O2/c1-3-4-9(2)8-21-12-6-5-10(13(18)19-20)7-11(12)14(15,16)17/h5-7,9,20H,3-4,8H2,1-2H3,(H2,18,19). The Morgan fingerprint density at radius 3 is 2.62 bits per heavy atom. The molecule has 0 saturated heterocycles. The van der Waals surface area contributed by atoms with Crippen LogP contribution in [-0.2, 0) is 6.18 Å². The summed E-state index contributed by atoms with van der Waals surface area (Å²) in [5, 5.41) is 11.2. The van der Waals surface area contributed by atoms with Crippen molar-refractivity contribution >= 4 is 5.84 Å². The fraction of sp³-hybridized carbons (Fsp3) is 0.500. The van der Waals surface area contributed by atoms with Crippen molar-refractivity contribution in [2.75, 3.05) is 6.61 Å². The highest BCUT2D eigenvalue weighted by atomic mass is 19.4. The first-order chi connectivity index (χ1) is 9.79. The molecule has 1 rings (SSSR count). The van der Waals surface area contributed by atoms with Crippen LogP contribution in [-0.4, -0.2) is 17.6 Å². The number of ether oxygens (including phenoxy) is 1. The lowest BCUT2D eigenvalue weighted by Gasteiger charge is -2.17. The molecule has 1 aromatic rings. The molecular formula is C14H19F3N2O2. The SMILES string of the molecule is CCCC(C)COc1ccc(/C(N)=N/O)cc1C(F)(F)F. The molecule has 0 spiro atoms. The molecule has 0 aromatic heterocycles. The van der Waals surface area contributed by atoms with Gasteiger partial charge in [-0.3, -0.25) is 0 Å². The molecule has 0 aliphatic rings. The lowest BCUT2D eigenvalue weighted by Crippen LogP contribution is -2.17. The van der Waals surface area contributed by atoms with Gasteiger partial charge in [0.2, 0.25) is 0 Å². The van der Waals surface area contributed by atoms with E-state index in [2.05, 4.69) is 5.16 Å². The first kappa shape index (κ1) is 17.1. The molecule has 1 atom stereocenters. The number of amidine groups is 1. The molecule has 0 radical (unpaired) electrons. The Morgan fingerprint density at radius 1 is 1.43 bits per heavy atom. The lowest BCUT2D eigenvalue weighted by atomic mass is 10.1. The number of halogens is 3. The van der Waals surface area contributed by atoms with E-state index in [9.17, 15) is 13.2 Å². The molecule has 0 aliphatic carbocycles. The van der Waals surface area contributed by atoms with Gasteiger partial charge in [-0.15, -0.1) is 0 Å². The van der Waals surface area contributed by atoms with E-state index in [1.165, 1.54) is 12.1 Å². The van der Waals surface area contributed by atoms with Crippen LogP contribution in [0.5, 0.6) is 5.75 Å². The van der Waals surface area contributed by atoms with Crippen molar-refractivity contribution in [3.05, 3.63) is 29.3 Å². The first-order valence-corrected chi connectivity index (χ1v) is 6.61. The van der Waals surface area contributed by atoms with Crippen molar-refractivity contribution in [1.29, 1.82) is 0 Å². The Labute approximate surface area is 121 Å². The summed E-state index contributed by atoms with van der Waals surface area (Å²) in [5.74, 6) is -0.467. The summed E-state index contributed by atoms with van der Waals surface area (Å²) in [4.78, 5) is 0. The summed E-state index contributed by atoms with van der Waals surface area (Å²) < 4.78 is 44.4. The number of oxime groups is 1. The van der Waals surface area contributed by atoms with Crippen LogP contribution < -0.4 is 10.5 Å². The van der Waals surface area contributed by atoms with Crippen LogP contribution in [0.1, 0.15) is 37.8 Å². The topological polar surface area (TPSA) is 67.8 Å². The van der Waals surface area contributed by atoms with Crippen LogP contribution in [0, 0.1) is 5.92 Å². The van der Waals surface area contributed by atoms with Gasteiger partial charge in [-0.2, -0.15) is 13.2 Å². The normalized spacial score (nSPS) is 14.0. The zero-order valence-electron chi connectivity index (χ0n) is 11.9. The van der Waals surface area contributed by atoms with E-state index in [1.807, 2.05) is 13.8 Å². The van der Waals surface area contributed by atoms with Gasteiger partial charge in [-0.25, -0.2) is 0 Å². The Kier molecular flexibility index (Phi) is 5.87. The fourth-order valence-electron chi connectivity index (χ4n) is 1.90. The second kappa shape index (κ2) is 7.19. The third-order valence-corrected chi connectivity index (χ3v) is 2.99. The van der Waals surface area contributed by atoms with E-state index in [0.717, 1.165) is 18.9 Å². The highest BCUT2D eigenvalue weighted by molar-refractivity contribution is 5.97. The average molecular weight is 304 g/mol. The number of hydrogen-bond donors (Lipinski definition) is 2. The summed E-state index contributed by atoms with van der Waals surface area (Å²) in [5.41, 5.74) is 4.36. The van der Waals surface area contributed by atoms with Crippen molar-refractivity contribution < 1.29 is 23.1 Å². The number of alkyl halides is 3. The molecule has 0 amide bonds. The van der Waals surface area contributed by atoms with Gasteiger partial charge >= 0.3 is 6.18 Å². The molecule has 118 valence electrons. The zero-order chi connectivity index (χ0) is 16.0. The maximum atomic E-state index is 13.0.